The Bertz CT molecular complexity index is 1680. The molecule has 0 unspecified atom stereocenters. The van der Waals surface area contributed by atoms with Gasteiger partial charge in [0.25, 0.3) is 5.91 Å². The average molecular weight is 542 g/mol. The zero-order chi connectivity index (χ0) is 27.5. The lowest BCUT2D eigenvalue weighted by molar-refractivity contribution is 0.0963. The molecule has 0 aliphatic heterocycles. The third kappa shape index (κ3) is 5.30. The molecule has 0 radical (unpaired) electrons. The van der Waals surface area contributed by atoms with Crippen LogP contribution in [0.25, 0.3) is 33.4 Å². The zero-order valence-corrected chi connectivity index (χ0v) is 21.9. The number of halogens is 1. The van der Waals surface area contributed by atoms with Gasteiger partial charge in [0.15, 0.2) is 0 Å². The number of nitrogens with one attached hydrogen (secondary N) is 2. The van der Waals surface area contributed by atoms with Crippen LogP contribution in [-0.4, -0.2) is 25.1 Å². The monoisotopic (exact) mass is 541 g/mol. The third-order valence-corrected chi connectivity index (χ3v) is 6.54. The highest BCUT2D eigenvalue weighted by Gasteiger charge is 2.23. The lowest BCUT2D eigenvalue weighted by Crippen LogP contribution is -2.18. The molecule has 9 heteroatoms. The summed E-state index contributed by atoms with van der Waals surface area (Å²) in [5.41, 5.74) is 9.75. The number of hydrogen-bond donors (Lipinski definition) is 3. The van der Waals surface area contributed by atoms with Gasteiger partial charge in [-0.2, -0.15) is 0 Å². The summed E-state index contributed by atoms with van der Waals surface area (Å²) < 4.78 is 28.5. The van der Waals surface area contributed by atoms with Gasteiger partial charge in [-0.25, -0.2) is 4.39 Å². The molecule has 0 aliphatic rings. The van der Waals surface area contributed by atoms with Crippen LogP contribution in [0.5, 0.6) is 11.5 Å². The summed E-state index contributed by atoms with van der Waals surface area (Å²) in [6, 6.07) is 23.5. The molecule has 5 aromatic rings. The van der Waals surface area contributed by atoms with Crippen molar-refractivity contribution in [3.05, 3.63) is 102 Å². The van der Waals surface area contributed by atoms with Crippen LogP contribution < -0.4 is 20.5 Å². The summed E-state index contributed by atoms with van der Waals surface area (Å²) in [5.74, 6) is 0.269. The summed E-state index contributed by atoms with van der Waals surface area (Å²) in [6.45, 7) is 0. The van der Waals surface area contributed by atoms with Crippen LogP contribution in [0.2, 0.25) is 0 Å². The van der Waals surface area contributed by atoms with Gasteiger partial charge in [-0.15, -0.1) is 0 Å². The van der Waals surface area contributed by atoms with Crippen LogP contribution in [0.3, 0.4) is 0 Å². The second kappa shape index (κ2) is 10.9. The number of furan rings is 1. The van der Waals surface area contributed by atoms with Crippen molar-refractivity contribution in [2.75, 3.05) is 18.0 Å². The average Bonchev–Trinajstić information content (AvgIpc) is 3.32. The molecule has 4 N–H and O–H groups in total. The third-order valence-electron chi connectivity index (χ3n) is 6.12. The molecule has 0 fully saturated rings. The van der Waals surface area contributed by atoms with E-state index in [-0.39, 0.29) is 11.7 Å². The maximum Gasteiger partial charge on any atom is 0.255 e. The van der Waals surface area contributed by atoms with Crippen molar-refractivity contribution in [2.45, 2.75) is 0 Å². The van der Waals surface area contributed by atoms with Crippen LogP contribution in [0, 0.1) is 5.82 Å². The minimum absolute atomic E-state index is 0.308. The Labute approximate surface area is 228 Å². The number of carbonyl (C=O) groups is 2. The number of rotatable bonds is 8. The fraction of sp³-hybridized carbons (Fsp3) is 0.0667. The molecule has 0 bridgehead atoms. The molecule has 1 aromatic heterocycles. The van der Waals surface area contributed by atoms with E-state index >= 15 is 0 Å². The van der Waals surface area contributed by atoms with Gasteiger partial charge in [0.2, 0.25) is 5.91 Å². The predicted octanol–water partition coefficient (Wildman–Crippen LogP) is 6.85. The topological polar surface area (TPSA) is 107 Å². The molecular weight excluding hydrogens is 517 g/mol. The molecule has 0 aliphatic carbocycles. The second-order valence-electron chi connectivity index (χ2n) is 8.61. The Morgan fingerprint density at radius 2 is 1.62 bits per heavy atom. The summed E-state index contributed by atoms with van der Waals surface area (Å²) in [5, 5.41) is 3.32. The molecule has 4 aromatic carbocycles. The summed E-state index contributed by atoms with van der Waals surface area (Å²) in [4.78, 5) is 24.9. The molecule has 5 rings (SSSR count). The molecule has 0 saturated carbocycles. The number of fused-ring (bicyclic) bond motifs is 1. The summed E-state index contributed by atoms with van der Waals surface area (Å²) in [7, 11) is 1.56. The first-order chi connectivity index (χ1) is 18.9. The zero-order valence-electron chi connectivity index (χ0n) is 21.1. The maximum atomic E-state index is 13.2. The van der Waals surface area contributed by atoms with Crippen LogP contribution >= 0.6 is 11.9 Å². The SMILES string of the molecule is CNC(=O)c1c(-c2ccc(Oc3ccc(F)cc3)cc2)oc2cc(NSC)c(-c3cccc(C(N)=O)c3)cc12. The number of ether oxygens (including phenoxy) is 1. The van der Waals surface area contributed by atoms with E-state index in [2.05, 4.69) is 10.0 Å². The Kier molecular flexibility index (Phi) is 7.25. The van der Waals surface area contributed by atoms with Gasteiger partial charge in [-0.1, -0.05) is 24.1 Å². The first-order valence-electron chi connectivity index (χ1n) is 11.9. The van der Waals surface area contributed by atoms with E-state index in [0.29, 0.717) is 44.9 Å². The van der Waals surface area contributed by atoms with Crippen molar-refractivity contribution in [3.8, 4) is 33.9 Å². The molecule has 0 saturated heterocycles. The fourth-order valence-electron chi connectivity index (χ4n) is 4.28. The molecule has 7 nitrogen and oxygen atoms in total. The number of anilines is 1. The van der Waals surface area contributed by atoms with E-state index in [1.165, 1.54) is 24.1 Å². The van der Waals surface area contributed by atoms with E-state index in [9.17, 15) is 14.0 Å². The lowest BCUT2D eigenvalue weighted by Gasteiger charge is -2.12. The number of carbonyl (C=O) groups excluding carboxylic acids is 2. The van der Waals surface area contributed by atoms with Crippen molar-refractivity contribution in [3.63, 3.8) is 0 Å². The highest BCUT2D eigenvalue weighted by atomic mass is 32.2. The predicted molar refractivity (Wildman–Crippen MR) is 153 cm³/mol. The quantitative estimate of drug-likeness (QED) is 0.186. The van der Waals surface area contributed by atoms with Gasteiger partial charge in [0.1, 0.15) is 28.7 Å². The first-order valence-corrected chi connectivity index (χ1v) is 13.2. The Hall–Kier alpha value is -4.76. The van der Waals surface area contributed by atoms with Gasteiger partial charge in [-0.3, -0.25) is 9.59 Å². The van der Waals surface area contributed by atoms with Crippen molar-refractivity contribution >= 4 is 40.4 Å². The first kappa shape index (κ1) is 25.9. The lowest BCUT2D eigenvalue weighted by atomic mass is 9.97. The number of amides is 2. The summed E-state index contributed by atoms with van der Waals surface area (Å²) >= 11 is 1.41. The molecule has 196 valence electrons. The standard InChI is InChI=1S/C30H24FN3O4S/c1-33-30(36)27-24-15-23(18-4-3-5-19(14-18)29(32)35)25(34-39-2)16-26(24)38-28(27)17-6-10-21(11-7-17)37-22-12-8-20(31)9-13-22/h3-16,34H,1-2H3,(H2,32,35)(H,33,36). The van der Waals surface area contributed by atoms with E-state index in [1.54, 1.807) is 61.6 Å². The van der Waals surface area contributed by atoms with Crippen molar-refractivity contribution in [2.24, 2.45) is 5.73 Å². The van der Waals surface area contributed by atoms with Crippen molar-refractivity contribution < 1.29 is 23.1 Å². The normalized spacial score (nSPS) is 10.8. The molecule has 0 atom stereocenters. The van der Waals surface area contributed by atoms with Gasteiger partial charge in [0.05, 0.1) is 11.3 Å². The smallest absolute Gasteiger partial charge is 0.255 e. The minimum atomic E-state index is -0.527. The van der Waals surface area contributed by atoms with E-state index in [4.69, 9.17) is 14.9 Å². The number of hydrogen-bond acceptors (Lipinski definition) is 6. The van der Waals surface area contributed by atoms with E-state index in [1.807, 2.05) is 24.5 Å². The number of nitrogens with two attached hydrogens (primary N) is 1. The van der Waals surface area contributed by atoms with Gasteiger partial charge >= 0.3 is 0 Å². The van der Waals surface area contributed by atoms with E-state index < -0.39 is 5.91 Å². The molecule has 39 heavy (non-hydrogen) atoms. The number of benzene rings is 4. The highest BCUT2D eigenvalue weighted by molar-refractivity contribution is 7.99. The Morgan fingerprint density at radius 1 is 0.923 bits per heavy atom. The van der Waals surface area contributed by atoms with Crippen LogP contribution in [0.4, 0.5) is 10.1 Å². The van der Waals surface area contributed by atoms with Gasteiger partial charge in [0, 0.05) is 41.4 Å². The Morgan fingerprint density at radius 3 is 2.26 bits per heavy atom. The van der Waals surface area contributed by atoms with Gasteiger partial charge < -0.3 is 24.9 Å². The molecule has 1 heterocycles. The fourth-order valence-corrected chi connectivity index (χ4v) is 4.67. The molecule has 0 spiro atoms. The van der Waals surface area contributed by atoms with Crippen LogP contribution in [-0.2, 0) is 0 Å². The Balaban J connectivity index is 1.61. The second-order valence-corrected chi connectivity index (χ2v) is 9.22. The van der Waals surface area contributed by atoms with E-state index in [0.717, 1.165) is 16.8 Å². The number of primary amides is 1. The highest BCUT2D eigenvalue weighted by Crippen LogP contribution is 2.41. The molecule has 2 amide bonds. The van der Waals surface area contributed by atoms with Gasteiger partial charge in [-0.05, 0) is 72.3 Å². The van der Waals surface area contributed by atoms with Crippen LogP contribution in [0.1, 0.15) is 20.7 Å². The van der Waals surface area contributed by atoms with Crippen molar-refractivity contribution in [1.82, 2.24) is 5.32 Å². The largest absolute Gasteiger partial charge is 0.457 e. The summed E-state index contributed by atoms with van der Waals surface area (Å²) in [6.07, 6.45) is 1.90. The molecular formula is C30H24FN3O4S. The van der Waals surface area contributed by atoms with Crippen molar-refractivity contribution in [1.29, 1.82) is 0 Å². The minimum Gasteiger partial charge on any atom is -0.457 e. The maximum absolute atomic E-state index is 13.2. The van der Waals surface area contributed by atoms with Crippen LogP contribution in [0.15, 0.2) is 89.3 Å².